The van der Waals surface area contributed by atoms with Gasteiger partial charge in [-0.1, -0.05) is 18.2 Å². The maximum Gasteiger partial charge on any atom is 0.337 e. The van der Waals surface area contributed by atoms with E-state index in [4.69, 9.17) is 4.74 Å². The minimum absolute atomic E-state index is 0.115. The number of hydrogen-bond acceptors (Lipinski definition) is 5. The minimum atomic E-state index is -0.404. The smallest absolute Gasteiger partial charge is 0.337 e. The van der Waals surface area contributed by atoms with Gasteiger partial charge in [0.2, 0.25) is 0 Å². The molecule has 108 valence electrons. The van der Waals surface area contributed by atoms with E-state index in [0.717, 1.165) is 5.56 Å². The highest BCUT2D eigenvalue weighted by Crippen LogP contribution is 2.26. The van der Waals surface area contributed by atoms with Crippen molar-refractivity contribution in [3.05, 3.63) is 59.2 Å². The number of aldehydes is 1. The lowest BCUT2D eigenvalue weighted by Crippen LogP contribution is -2.02. The summed E-state index contributed by atoms with van der Waals surface area (Å²) in [6, 6.07) is 11.3. The number of phenolic OH excluding ortho intramolecular Hbond substituents is 1. The molecule has 0 bridgehead atoms. The summed E-state index contributed by atoms with van der Waals surface area (Å²) in [4.78, 5) is 22.2. The average Bonchev–Trinajstić information content (AvgIpc) is 2.52. The molecule has 0 radical (unpaired) electrons. The number of methoxy groups -OCH3 is 1. The van der Waals surface area contributed by atoms with E-state index in [1.807, 2.05) is 0 Å². The largest absolute Gasteiger partial charge is 0.507 e. The van der Waals surface area contributed by atoms with Crippen LogP contribution in [0.5, 0.6) is 11.5 Å². The zero-order chi connectivity index (χ0) is 15.2. The summed E-state index contributed by atoms with van der Waals surface area (Å²) in [7, 11) is 1.32. The second kappa shape index (κ2) is 6.56. The van der Waals surface area contributed by atoms with E-state index in [1.54, 1.807) is 36.4 Å². The van der Waals surface area contributed by atoms with Gasteiger partial charge in [-0.2, -0.15) is 0 Å². The first kappa shape index (κ1) is 14.6. The van der Waals surface area contributed by atoms with Crippen LogP contribution in [-0.2, 0) is 11.3 Å². The fourth-order valence-electron chi connectivity index (χ4n) is 1.79. The molecule has 0 fully saturated rings. The quantitative estimate of drug-likeness (QED) is 0.675. The highest BCUT2D eigenvalue weighted by atomic mass is 16.5. The zero-order valence-electron chi connectivity index (χ0n) is 11.4. The number of rotatable bonds is 5. The van der Waals surface area contributed by atoms with Gasteiger partial charge in [-0.05, 0) is 29.8 Å². The molecule has 5 heteroatoms. The number of carbonyl (C=O) groups excluding carboxylic acids is 2. The van der Waals surface area contributed by atoms with Crippen molar-refractivity contribution in [3.63, 3.8) is 0 Å². The molecule has 0 heterocycles. The van der Waals surface area contributed by atoms with E-state index in [9.17, 15) is 14.7 Å². The van der Waals surface area contributed by atoms with E-state index in [-0.39, 0.29) is 17.9 Å². The van der Waals surface area contributed by atoms with Gasteiger partial charge < -0.3 is 14.6 Å². The number of hydrogen-bond donors (Lipinski definition) is 1. The first-order chi connectivity index (χ1) is 10.2. The highest BCUT2D eigenvalue weighted by molar-refractivity contribution is 5.89. The van der Waals surface area contributed by atoms with Gasteiger partial charge in [-0.15, -0.1) is 0 Å². The van der Waals surface area contributed by atoms with Gasteiger partial charge in [0, 0.05) is 0 Å². The third-order valence-corrected chi connectivity index (χ3v) is 2.93. The molecule has 2 rings (SSSR count). The van der Waals surface area contributed by atoms with Crippen LogP contribution in [0.3, 0.4) is 0 Å². The Morgan fingerprint density at radius 3 is 2.52 bits per heavy atom. The van der Waals surface area contributed by atoms with Crippen LogP contribution in [0, 0.1) is 0 Å². The van der Waals surface area contributed by atoms with Crippen molar-refractivity contribution in [2.45, 2.75) is 6.61 Å². The van der Waals surface area contributed by atoms with Crippen molar-refractivity contribution in [1.29, 1.82) is 0 Å². The Morgan fingerprint density at radius 1 is 1.19 bits per heavy atom. The van der Waals surface area contributed by atoms with Crippen LogP contribution in [0.25, 0.3) is 0 Å². The lowest BCUT2D eigenvalue weighted by molar-refractivity contribution is 0.0600. The fraction of sp³-hybridized carbons (Fsp3) is 0.125. The molecule has 2 aromatic rings. The lowest BCUT2D eigenvalue weighted by Gasteiger charge is -2.09. The van der Waals surface area contributed by atoms with Crippen LogP contribution in [0.15, 0.2) is 42.5 Å². The highest BCUT2D eigenvalue weighted by Gasteiger charge is 2.09. The van der Waals surface area contributed by atoms with Crippen molar-refractivity contribution in [3.8, 4) is 11.5 Å². The molecule has 0 amide bonds. The monoisotopic (exact) mass is 286 g/mol. The molecule has 0 aliphatic carbocycles. The van der Waals surface area contributed by atoms with Gasteiger partial charge in [-0.3, -0.25) is 4.79 Å². The van der Waals surface area contributed by atoms with Crippen molar-refractivity contribution in [1.82, 2.24) is 0 Å². The Bertz CT molecular complexity index is 646. The van der Waals surface area contributed by atoms with E-state index in [2.05, 4.69) is 4.74 Å². The van der Waals surface area contributed by atoms with Gasteiger partial charge in [-0.25, -0.2) is 4.79 Å². The number of ether oxygens (including phenoxy) is 2. The van der Waals surface area contributed by atoms with Crippen LogP contribution >= 0.6 is 0 Å². The predicted molar refractivity (Wildman–Crippen MR) is 75.6 cm³/mol. The SMILES string of the molecule is COC(=O)c1ccc(COc2cccc(O)c2C=O)cc1. The number of aromatic hydroxyl groups is 1. The van der Waals surface area contributed by atoms with E-state index < -0.39 is 5.97 Å². The number of esters is 1. The van der Waals surface area contributed by atoms with Crippen LogP contribution in [0.4, 0.5) is 0 Å². The predicted octanol–water partition coefficient (Wildman–Crippen LogP) is 2.57. The number of phenols is 1. The van der Waals surface area contributed by atoms with E-state index in [0.29, 0.717) is 17.6 Å². The molecule has 1 N–H and O–H groups in total. The summed E-state index contributed by atoms with van der Waals surface area (Å²) in [5.74, 6) is -0.218. The molecular weight excluding hydrogens is 272 g/mol. The van der Waals surface area contributed by atoms with Crippen LogP contribution in [0.1, 0.15) is 26.3 Å². The van der Waals surface area contributed by atoms with Gasteiger partial charge >= 0.3 is 5.97 Å². The Kier molecular flexibility index (Phi) is 4.56. The summed E-state index contributed by atoms with van der Waals surface area (Å²) in [6.45, 7) is 0.214. The standard InChI is InChI=1S/C16H14O5/c1-20-16(19)12-7-5-11(6-8-12)10-21-15-4-2-3-14(18)13(15)9-17/h2-9,18H,10H2,1H3. The second-order valence-electron chi connectivity index (χ2n) is 4.28. The first-order valence-electron chi connectivity index (χ1n) is 6.23. The molecule has 0 aromatic heterocycles. The Balaban J connectivity index is 2.08. The summed E-state index contributed by atoms with van der Waals surface area (Å²) in [6.07, 6.45) is 0.547. The second-order valence-corrected chi connectivity index (χ2v) is 4.28. The third kappa shape index (κ3) is 3.39. The molecule has 0 aliphatic rings. The van der Waals surface area contributed by atoms with Crippen molar-refractivity contribution in [2.24, 2.45) is 0 Å². The molecule has 0 spiro atoms. The Labute approximate surface area is 121 Å². The molecule has 0 saturated heterocycles. The van der Waals surface area contributed by atoms with Crippen LogP contribution in [-0.4, -0.2) is 24.5 Å². The summed E-state index contributed by atoms with van der Waals surface area (Å²) in [5.41, 5.74) is 1.39. The Morgan fingerprint density at radius 2 is 1.90 bits per heavy atom. The molecule has 0 unspecified atom stereocenters. The average molecular weight is 286 g/mol. The molecule has 2 aromatic carbocycles. The maximum absolute atomic E-state index is 11.3. The van der Waals surface area contributed by atoms with Crippen molar-refractivity contribution in [2.75, 3.05) is 7.11 Å². The molecule has 0 aliphatic heterocycles. The van der Waals surface area contributed by atoms with Crippen molar-refractivity contribution >= 4 is 12.3 Å². The topological polar surface area (TPSA) is 72.8 Å². The van der Waals surface area contributed by atoms with Gasteiger partial charge in [0.25, 0.3) is 0 Å². The van der Waals surface area contributed by atoms with Gasteiger partial charge in [0.1, 0.15) is 18.1 Å². The number of benzene rings is 2. The normalized spacial score (nSPS) is 9.95. The molecule has 0 atom stereocenters. The molecule has 21 heavy (non-hydrogen) atoms. The summed E-state index contributed by atoms with van der Waals surface area (Å²) < 4.78 is 10.1. The van der Waals surface area contributed by atoms with Gasteiger partial charge in [0.15, 0.2) is 6.29 Å². The van der Waals surface area contributed by atoms with E-state index in [1.165, 1.54) is 13.2 Å². The zero-order valence-corrected chi connectivity index (χ0v) is 11.4. The number of carbonyl (C=O) groups is 2. The van der Waals surface area contributed by atoms with Gasteiger partial charge in [0.05, 0.1) is 18.2 Å². The third-order valence-electron chi connectivity index (χ3n) is 2.93. The van der Waals surface area contributed by atoms with Crippen LogP contribution < -0.4 is 4.74 Å². The molecule has 5 nitrogen and oxygen atoms in total. The van der Waals surface area contributed by atoms with Crippen LogP contribution in [0.2, 0.25) is 0 Å². The first-order valence-corrected chi connectivity index (χ1v) is 6.23. The van der Waals surface area contributed by atoms with E-state index >= 15 is 0 Å². The summed E-state index contributed by atoms with van der Waals surface area (Å²) in [5, 5.41) is 9.55. The minimum Gasteiger partial charge on any atom is -0.507 e. The summed E-state index contributed by atoms with van der Waals surface area (Å²) >= 11 is 0. The fourth-order valence-corrected chi connectivity index (χ4v) is 1.79. The lowest BCUT2D eigenvalue weighted by atomic mass is 10.1. The molecular formula is C16H14O5. The maximum atomic E-state index is 11.3. The van der Waals surface area contributed by atoms with Crippen molar-refractivity contribution < 1.29 is 24.2 Å². The molecule has 0 saturated carbocycles. The Hall–Kier alpha value is -2.82.